The number of nitro benzene ring substituents is 3. The molecule has 10 heteroatoms. The summed E-state index contributed by atoms with van der Waals surface area (Å²) in [5, 5.41) is 30.5. The van der Waals surface area contributed by atoms with Gasteiger partial charge in [-0.05, 0) is 0 Å². The van der Waals surface area contributed by atoms with E-state index >= 15 is 0 Å². The fraction of sp³-hybridized carbons (Fsp3) is 0. The fourth-order valence-electron chi connectivity index (χ4n) is 0.951. The summed E-state index contributed by atoms with van der Waals surface area (Å²) in [6.45, 7) is 0. The SMILES string of the molecule is O=[N+]([O-])c1cc([N+](=O)[O-])c(Cl)c([N+](=O)[O-])c1. The molecule has 0 aliphatic carbocycles. The van der Waals surface area contributed by atoms with Gasteiger partial charge < -0.3 is 0 Å². The van der Waals surface area contributed by atoms with E-state index in [1.807, 2.05) is 0 Å². The molecule has 0 atom stereocenters. The molecule has 0 saturated carbocycles. The maximum atomic E-state index is 10.4. The van der Waals surface area contributed by atoms with Gasteiger partial charge in [0.2, 0.25) is 0 Å². The summed E-state index contributed by atoms with van der Waals surface area (Å²) in [7, 11) is 0. The second kappa shape index (κ2) is 4.06. The third-order valence-corrected chi connectivity index (χ3v) is 2.01. The summed E-state index contributed by atoms with van der Waals surface area (Å²) in [6.07, 6.45) is 0. The summed E-state index contributed by atoms with van der Waals surface area (Å²) in [6, 6.07) is 1.13. The lowest BCUT2D eigenvalue weighted by molar-refractivity contribution is -0.403. The van der Waals surface area contributed by atoms with Gasteiger partial charge in [-0.3, -0.25) is 30.3 Å². The Hall–Kier alpha value is -2.29. The highest BCUT2D eigenvalue weighted by molar-refractivity contribution is 6.34. The van der Waals surface area contributed by atoms with Crippen molar-refractivity contribution in [2.75, 3.05) is 0 Å². The van der Waals surface area contributed by atoms with Crippen molar-refractivity contribution in [2.45, 2.75) is 0 Å². The zero-order chi connectivity index (χ0) is 12.5. The van der Waals surface area contributed by atoms with Gasteiger partial charge in [-0.25, -0.2) is 0 Å². The van der Waals surface area contributed by atoms with Crippen molar-refractivity contribution < 1.29 is 14.8 Å². The second-order valence-electron chi connectivity index (χ2n) is 2.57. The Morgan fingerprint density at radius 2 is 1.25 bits per heavy atom. The minimum absolute atomic E-state index is 0.565. The first-order valence-electron chi connectivity index (χ1n) is 3.61. The first kappa shape index (κ1) is 11.8. The van der Waals surface area contributed by atoms with E-state index in [1.54, 1.807) is 0 Å². The Labute approximate surface area is 91.7 Å². The molecule has 0 amide bonds. The summed E-state index contributed by atoms with van der Waals surface area (Å²) >= 11 is 5.37. The van der Waals surface area contributed by atoms with Crippen LogP contribution in [-0.2, 0) is 0 Å². The quantitative estimate of drug-likeness (QED) is 0.593. The molecule has 0 aliphatic rings. The summed E-state index contributed by atoms with van der Waals surface area (Å²) in [4.78, 5) is 28.2. The first-order chi connectivity index (χ1) is 7.34. The van der Waals surface area contributed by atoms with E-state index in [2.05, 4.69) is 0 Å². The van der Waals surface area contributed by atoms with E-state index in [0.29, 0.717) is 12.1 Å². The zero-order valence-corrected chi connectivity index (χ0v) is 8.08. The third-order valence-electron chi connectivity index (χ3n) is 1.62. The molecule has 0 spiro atoms. The molecular weight excluding hydrogens is 246 g/mol. The molecule has 0 N–H and O–H groups in total. The van der Waals surface area contributed by atoms with E-state index < -0.39 is 36.9 Å². The highest BCUT2D eigenvalue weighted by Crippen LogP contribution is 2.37. The molecular formula is C6H2ClN3O6. The minimum Gasteiger partial charge on any atom is -0.258 e. The van der Waals surface area contributed by atoms with Crippen LogP contribution < -0.4 is 0 Å². The van der Waals surface area contributed by atoms with Crippen molar-refractivity contribution in [1.29, 1.82) is 0 Å². The molecule has 9 nitrogen and oxygen atoms in total. The van der Waals surface area contributed by atoms with Gasteiger partial charge in [-0.2, -0.15) is 0 Å². The lowest BCUT2D eigenvalue weighted by Gasteiger charge is -1.97. The van der Waals surface area contributed by atoms with Crippen LogP contribution in [0.3, 0.4) is 0 Å². The van der Waals surface area contributed by atoms with Crippen molar-refractivity contribution in [1.82, 2.24) is 0 Å². The highest BCUT2D eigenvalue weighted by atomic mass is 35.5. The van der Waals surface area contributed by atoms with E-state index in [1.165, 1.54) is 0 Å². The van der Waals surface area contributed by atoms with Gasteiger partial charge in [0.25, 0.3) is 5.69 Å². The zero-order valence-electron chi connectivity index (χ0n) is 7.32. The molecule has 1 aromatic carbocycles. The van der Waals surface area contributed by atoms with Crippen molar-refractivity contribution in [3.63, 3.8) is 0 Å². The average molecular weight is 248 g/mol. The minimum atomic E-state index is -1.03. The molecule has 0 heterocycles. The maximum Gasteiger partial charge on any atom is 0.301 e. The Balaban J connectivity index is 3.57. The summed E-state index contributed by atoms with van der Waals surface area (Å²) in [5.74, 6) is 0. The number of nitro groups is 3. The van der Waals surface area contributed by atoms with Gasteiger partial charge in [0.1, 0.15) is 0 Å². The van der Waals surface area contributed by atoms with Crippen LogP contribution in [0.2, 0.25) is 5.02 Å². The normalized spacial score (nSPS) is 9.81. The number of benzene rings is 1. The number of rotatable bonds is 3. The van der Waals surface area contributed by atoms with Crippen LogP contribution in [0.25, 0.3) is 0 Å². The van der Waals surface area contributed by atoms with Crippen LogP contribution in [-0.4, -0.2) is 14.8 Å². The molecule has 0 fully saturated rings. The lowest BCUT2D eigenvalue weighted by atomic mass is 10.2. The summed E-state index contributed by atoms with van der Waals surface area (Å²) < 4.78 is 0. The number of hydrogen-bond donors (Lipinski definition) is 0. The predicted octanol–water partition coefficient (Wildman–Crippen LogP) is 2.06. The number of non-ortho nitro benzene ring substituents is 1. The van der Waals surface area contributed by atoms with Crippen LogP contribution in [0.5, 0.6) is 0 Å². The second-order valence-corrected chi connectivity index (χ2v) is 2.95. The molecule has 0 saturated heterocycles. The molecule has 1 rings (SSSR count). The van der Waals surface area contributed by atoms with Crippen molar-refractivity contribution in [3.8, 4) is 0 Å². The van der Waals surface area contributed by atoms with Crippen LogP contribution in [0.1, 0.15) is 0 Å². The van der Waals surface area contributed by atoms with Crippen LogP contribution >= 0.6 is 11.6 Å². The van der Waals surface area contributed by atoms with Gasteiger partial charge in [0.15, 0.2) is 5.02 Å². The van der Waals surface area contributed by atoms with E-state index in [0.717, 1.165) is 0 Å². The number of nitrogens with zero attached hydrogens (tertiary/aromatic N) is 3. The summed E-state index contributed by atoms with van der Waals surface area (Å²) in [5.41, 5.74) is -2.51. The Bertz CT molecular complexity index is 466. The van der Waals surface area contributed by atoms with Gasteiger partial charge in [0.05, 0.1) is 26.9 Å². The molecule has 0 aromatic heterocycles. The molecule has 0 aliphatic heterocycles. The fourth-order valence-corrected chi connectivity index (χ4v) is 1.20. The monoisotopic (exact) mass is 247 g/mol. The smallest absolute Gasteiger partial charge is 0.258 e. The highest BCUT2D eigenvalue weighted by Gasteiger charge is 2.28. The van der Waals surface area contributed by atoms with Crippen molar-refractivity contribution in [3.05, 3.63) is 47.5 Å². The molecule has 0 radical (unpaired) electrons. The third kappa shape index (κ3) is 2.03. The largest absolute Gasteiger partial charge is 0.301 e. The Morgan fingerprint density at radius 3 is 1.50 bits per heavy atom. The Morgan fingerprint density at radius 1 is 0.875 bits per heavy atom. The van der Waals surface area contributed by atoms with Gasteiger partial charge in [-0.1, -0.05) is 11.6 Å². The predicted molar refractivity (Wildman–Crippen MR) is 51.4 cm³/mol. The van der Waals surface area contributed by atoms with Gasteiger partial charge >= 0.3 is 11.4 Å². The van der Waals surface area contributed by atoms with Crippen molar-refractivity contribution in [2.24, 2.45) is 0 Å². The molecule has 1 aromatic rings. The first-order valence-corrected chi connectivity index (χ1v) is 3.99. The standard InChI is InChI=1S/C6H2ClN3O6/c7-6-4(9(13)14)1-3(8(11)12)2-5(6)10(15)16/h1-2H. The number of halogens is 1. The number of hydrogen-bond acceptors (Lipinski definition) is 6. The van der Waals surface area contributed by atoms with Crippen LogP contribution in [0.4, 0.5) is 17.1 Å². The molecule has 0 unspecified atom stereocenters. The molecule has 16 heavy (non-hydrogen) atoms. The van der Waals surface area contributed by atoms with Gasteiger partial charge in [0, 0.05) is 0 Å². The molecule has 84 valence electrons. The van der Waals surface area contributed by atoms with Gasteiger partial charge in [-0.15, -0.1) is 0 Å². The van der Waals surface area contributed by atoms with E-state index in [-0.39, 0.29) is 0 Å². The van der Waals surface area contributed by atoms with Crippen LogP contribution in [0.15, 0.2) is 12.1 Å². The molecule has 0 bridgehead atoms. The van der Waals surface area contributed by atoms with E-state index in [4.69, 9.17) is 11.6 Å². The van der Waals surface area contributed by atoms with E-state index in [9.17, 15) is 30.3 Å². The average Bonchev–Trinajstić information content (AvgIpc) is 2.16. The lowest BCUT2D eigenvalue weighted by Crippen LogP contribution is -1.98. The van der Waals surface area contributed by atoms with Crippen LogP contribution in [0, 0.1) is 30.3 Å². The maximum absolute atomic E-state index is 10.4. The Kier molecular flexibility index (Phi) is 2.99. The topological polar surface area (TPSA) is 129 Å². The van der Waals surface area contributed by atoms with Crippen molar-refractivity contribution >= 4 is 28.7 Å².